The topological polar surface area (TPSA) is 60.4 Å². The van der Waals surface area contributed by atoms with Gasteiger partial charge in [-0.15, -0.1) is 0 Å². The maximum atomic E-state index is 11.7. The first-order valence-electron chi connectivity index (χ1n) is 4.53. The van der Waals surface area contributed by atoms with Crippen LogP contribution >= 0.6 is 11.6 Å². The van der Waals surface area contributed by atoms with Crippen LogP contribution in [0.2, 0.25) is 0 Å². The molecule has 0 spiro atoms. The number of rotatable bonds is 4. The molecule has 0 aliphatic rings. The molecule has 4 nitrogen and oxygen atoms in total. The Morgan fingerprint density at radius 3 is 2.38 bits per heavy atom. The molecule has 1 aromatic rings. The predicted octanol–water partition coefficient (Wildman–Crippen LogP) is 2.14. The van der Waals surface area contributed by atoms with E-state index in [-0.39, 0.29) is 17.3 Å². The predicted molar refractivity (Wildman–Crippen MR) is 60.4 cm³/mol. The Kier molecular flexibility index (Phi) is 4.32. The van der Waals surface area contributed by atoms with Crippen molar-refractivity contribution in [3.63, 3.8) is 0 Å². The molecule has 0 amide bonds. The summed E-state index contributed by atoms with van der Waals surface area (Å²) in [6.07, 6.45) is 0. The summed E-state index contributed by atoms with van der Waals surface area (Å²) in [6.45, 7) is 1.63. The molecule has 1 aromatic carbocycles. The van der Waals surface area contributed by atoms with Gasteiger partial charge in [-0.3, -0.25) is 0 Å². The fourth-order valence-corrected chi connectivity index (χ4v) is 2.26. The van der Waals surface area contributed by atoms with E-state index in [1.165, 1.54) is 12.1 Å². The normalized spacial score (nSPS) is 11.1. The van der Waals surface area contributed by atoms with E-state index in [4.69, 9.17) is 11.6 Å². The molecule has 0 heterocycles. The number of hydrogen-bond donors (Lipinski definition) is 0. The van der Waals surface area contributed by atoms with Gasteiger partial charge >= 0.3 is 5.43 Å². The minimum absolute atomic E-state index is 0.212. The van der Waals surface area contributed by atoms with E-state index < -0.39 is 15.3 Å². The summed E-state index contributed by atoms with van der Waals surface area (Å²) in [5.74, 6) is -0.269. The highest BCUT2D eigenvalue weighted by molar-refractivity contribution is 7.91. The average Bonchev–Trinajstić information content (AvgIpc) is 2.17. The summed E-state index contributed by atoms with van der Waals surface area (Å²) >= 11 is 4.92. The van der Waals surface area contributed by atoms with Crippen LogP contribution in [-0.2, 0) is 14.6 Å². The lowest BCUT2D eigenvalue weighted by atomic mass is 10.2. The van der Waals surface area contributed by atoms with E-state index in [1.54, 1.807) is 12.1 Å². The van der Waals surface area contributed by atoms with E-state index >= 15 is 0 Å². The maximum absolute atomic E-state index is 11.7. The molecule has 88 valence electrons. The van der Waals surface area contributed by atoms with Gasteiger partial charge in [0.2, 0.25) is 0 Å². The van der Waals surface area contributed by atoms with Crippen LogP contribution in [0, 0.1) is 6.92 Å². The Morgan fingerprint density at radius 1 is 1.31 bits per heavy atom. The lowest BCUT2D eigenvalue weighted by Crippen LogP contribution is -2.13. The number of aryl methyl sites for hydroxylation is 1. The van der Waals surface area contributed by atoms with Crippen LogP contribution in [0.15, 0.2) is 29.2 Å². The van der Waals surface area contributed by atoms with E-state index in [0.717, 1.165) is 5.56 Å². The lowest BCUT2D eigenvalue weighted by Gasteiger charge is -2.04. The minimum Gasteiger partial charge on any atom is -0.453 e. The molecule has 0 bridgehead atoms. The first kappa shape index (κ1) is 13.0. The first-order valence-corrected chi connectivity index (χ1v) is 6.56. The fraction of sp³-hybridized carbons (Fsp3) is 0.300. The van der Waals surface area contributed by atoms with Crippen LogP contribution in [0.1, 0.15) is 5.56 Å². The highest BCUT2D eigenvalue weighted by atomic mass is 35.5. The molecule has 0 radical (unpaired) electrons. The van der Waals surface area contributed by atoms with Gasteiger partial charge < -0.3 is 4.74 Å². The average molecular weight is 263 g/mol. The molecule has 0 aliphatic heterocycles. The van der Waals surface area contributed by atoms with Crippen molar-refractivity contribution in [2.24, 2.45) is 0 Å². The van der Waals surface area contributed by atoms with Gasteiger partial charge in [-0.2, -0.15) is 0 Å². The monoisotopic (exact) mass is 262 g/mol. The Bertz CT molecular complexity index is 464. The first-order chi connectivity index (χ1) is 7.42. The van der Waals surface area contributed by atoms with Gasteiger partial charge in [0.15, 0.2) is 9.84 Å². The Balaban J connectivity index is 2.71. The third kappa shape index (κ3) is 3.83. The third-order valence-electron chi connectivity index (χ3n) is 1.95. The maximum Gasteiger partial charge on any atom is 0.403 e. The Labute approximate surface area is 99.1 Å². The van der Waals surface area contributed by atoms with Crippen molar-refractivity contribution in [2.75, 3.05) is 12.4 Å². The van der Waals surface area contributed by atoms with Crippen LogP contribution in [0.25, 0.3) is 0 Å². The van der Waals surface area contributed by atoms with E-state index in [9.17, 15) is 13.2 Å². The largest absolute Gasteiger partial charge is 0.453 e. The Morgan fingerprint density at radius 2 is 1.88 bits per heavy atom. The molecular weight excluding hydrogens is 252 g/mol. The second-order valence-corrected chi connectivity index (χ2v) is 5.64. The number of halogens is 1. The number of sulfone groups is 1. The van der Waals surface area contributed by atoms with E-state index in [1.807, 2.05) is 6.92 Å². The molecule has 1 rings (SSSR count). The van der Waals surface area contributed by atoms with Crippen molar-refractivity contribution in [1.29, 1.82) is 0 Å². The molecule has 6 heteroatoms. The number of hydrogen-bond acceptors (Lipinski definition) is 4. The zero-order valence-corrected chi connectivity index (χ0v) is 10.2. The second kappa shape index (κ2) is 5.32. The minimum atomic E-state index is -3.41. The van der Waals surface area contributed by atoms with Crippen molar-refractivity contribution >= 4 is 26.9 Å². The molecular formula is C10H11ClO4S. The number of benzene rings is 1. The van der Waals surface area contributed by atoms with Gasteiger partial charge in [0.25, 0.3) is 0 Å². The number of carbonyl (C=O) groups is 1. The van der Waals surface area contributed by atoms with Crippen LogP contribution in [-0.4, -0.2) is 26.2 Å². The molecule has 0 aliphatic carbocycles. The van der Waals surface area contributed by atoms with Crippen LogP contribution in [0.4, 0.5) is 4.79 Å². The summed E-state index contributed by atoms with van der Waals surface area (Å²) < 4.78 is 27.8. The summed E-state index contributed by atoms with van der Waals surface area (Å²) in [6, 6.07) is 6.46. The lowest BCUT2D eigenvalue weighted by molar-refractivity contribution is 0.180. The van der Waals surface area contributed by atoms with Crippen LogP contribution in [0.5, 0.6) is 0 Å². The molecule has 0 fully saturated rings. The van der Waals surface area contributed by atoms with E-state index in [0.29, 0.717) is 0 Å². The van der Waals surface area contributed by atoms with Crippen LogP contribution < -0.4 is 0 Å². The van der Waals surface area contributed by atoms with Gasteiger partial charge in [-0.25, -0.2) is 13.2 Å². The third-order valence-corrected chi connectivity index (χ3v) is 3.75. The second-order valence-electron chi connectivity index (χ2n) is 3.22. The van der Waals surface area contributed by atoms with E-state index in [2.05, 4.69) is 4.74 Å². The smallest absolute Gasteiger partial charge is 0.403 e. The summed E-state index contributed by atoms with van der Waals surface area (Å²) in [5, 5.41) is 0. The summed E-state index contributed by atoms with van der Waals surface area (Å²) in [7, 11) is -3.41. The molecule has 16 heavy (non-hydrogen) atoms. The molecule has 0 aromatic heterocycles. The highest BCUT2D eigenvalue weighted by Crippen LogP contribution is 2.12. The molecule has 0 atom stereocenters. The SMILES string of the molecule is Cc1ccc(S(=O)(=O)CCOC(=O)Cl)cc1. The van der Waals surface area contributed by atoms with Gasteiger partial charge in [0.1, 0.15) is 6.61 Å². The molecule has 0 saturated heterocycles. The van der Waals surface area contributed by atoms with Gasteiger partial charge in [0, 0.05) is 11.6 Å². The zero-order chi connectivity index (χ0) is 12.2. The standard InChI is InChI=1S/C10H11ClO4S/c1-8-2-4-9(5-3-8)16(13,14)7-6-15-10(11)12/h2-5H,6-7H2,1H3. The Hall–Kier alpha value is -1.07. The summed E-state index contributed by atoms with van der Waals surface area (Å²) in [4.78, 5) is 10.5. The summed E-state index contributed by atoms with van der Waals surface area (Å²) in [5.41, 5.74) is -0.0229. The van der Waals surface area contributed by atoms with Crippen LogP contribution in [0.3, 0.4) is 0 Å². The molecule has 0 N–H and O–H groups in total. The molecule has 0 unspecified atom stereocenters. The highest BCUT2D eigenvalue weighted by Gasteiger charge is 2.14. The van der Waals surface area contributed by atoms with Gasteiger partial charge in [0.05, 0.1) is 10.6 Å². The van der Waals surface area contributed by atoms with Crippen molar-refractivity contribution in [1.82, 2.24) is 0 Å². The zero-order valence-electron chi connectivity index (χ0n) is 8.64. The quantitative estimate of drug-likeness (QED) is 0.780. The molecule has 0 saturated carbocycles. The van der Waals surface area contributed by atoms with Gasteiger partial charge in [-0.1, -0.05) is 17.7 Å². The van der Waals surface area contributed by atoms with Crippen molar-refractivity contribution in [3.05, 3.63) is 29.8 Å². The van der Waals surface area contributed by atoms with Gasteiger partial charge in [-0.05, 0) is 19.1 Å². The number of ether oxygens (including phenoxy) is 1. The van der Waals surface area contributed by atoms with Crippen molar-refractivity contribution in [2.45, 2.75) is 11.8 Å². The van der Waals surface area contributed by atoms with Crippen molar-refractivity contribution in [3.8, 4) is 0 Å². The van der Waals surface area contributed by atoms with Crippen molar-refractivity contribution < 1.29 is 17.9 Å². The fourth-order valence-electron chi connectivity index (χ4n) is 1.10. The number of carbonyl (C=O) groups excluding carboxylic acids is 1.